The molecular formula is C19H31N7O2. The van der Waals surface area contributed by atoms with E-state index in [-0.39, 0.29) is 12.0 Å². The predicted molar refractivity (Wildman–Crippen MR) is 108 cm³/mol. The summed E-state index contributed by atoms with van der Waals surface area (Å²) in [5, 5.41) is 6.48. The first kappa shape index (κ1) is 20.3. The molecule has 3 heterocycles. The van der Waals surface area contributed by atoms with E-state index in [0.29, 0.717) is 32.6 Å². The highest BCUT2D eigenvalue weighted by Gasteiger charge is 2.22. The van der Waals surface area contributed by atoms with Crippen LogP contribution < -0.4 is 15.5 Å². The van der Waals surface area contributed by atoms with Crippen LogP contribution in [0.5, 0.6) is 0 Å². The van der Waals surface area contributed by atoms with Gasteiger partial charge in [-0.3, -0.25) is 9.79 Å². The third kappa shape index (κ3) is 6.05. The second-order valence-electron chi connectivity index (χ2n) is 6.95. The van der Waals surface area contributed by atoms with Crippen molar-refractivity contribution in [2.24, 2.45) is 4.99 Å². The molecule has 2 aliphatic heterocycles. The summed E-state index contributed by atoms with van der Waals surface area (Å²) in [7, 11) is 0. The highest BCUT2D eigenvalue weighted by Crippen LogP contribution is 2.12. The van der Waals surface area contributed by atoms with Crippen molar-refractivity contribution >= 4 is 17.8 Å². The number of guanidine groups is 1. The lowest BCUT2D eigenvalue weighted by Gasteiger charge is -2.34. The Bertz CT molecular complexity index is 626. The number of carbonyl (C=O) groups excluding carboxylic acids is 1. The molecule has 9 heteroatoms. The smallest absolute Gasteiger partial charge is 0.225 e. The molecule has 1 aromatic heterocycles. The maximum atomic E-state index is 12.5. The third-order valence-corrected chi connectivity index (χ3v) is 4.92. The van der Waals surface area contributed by atoms with Crippen molar-refractivity contribution in [2.45, 2.75) is 32.3 Å². The van der Waals surface area contributed by atoms with Crippen LogP contribution in [0.2, 0.25) is 0 Å². The number of piperazine rings is 1. The summed E-state index contributed by atoms with van der Waals surface area (Å²) in [4.78, 5) is 29.7. The third-order valence-electron chi connectivity index (χ3n) is 4.92. The van der Waals surface area contributed by atoms with Gasteiger partial charge in [0.1, 0.15) is 0 Å². The monoisotopic (exact) mass is 389 g/mol. The van der Waals surface area contributed by atoms with Crippen molar-refractivity contribution in [3.63, 3.8) is 0 Å². The second-order valence-corrected chi connectivity index (χ2v) is 6.95. The van der Waals surface area contributed by atoms with E-state index in [1.54, 1.807) is 12.4 Å². The van der Waals surface area contributed by atoms with E-state index in [9.17, 15) is 4.79 Å². The fourth-order valence-electron chi connectivity index (χ4n) is 3.38. The number of rotatable bonds is 7. The van der Waals surface area contributed by atoms with Gasteiger partial charge in [-0.2, -0.15) is 0 Å². The van der Waals surface area contributed by atoms with E-state index >= 15 is 0 Å². The second kappa shape index (κ2) is 10.8. The molecule has 1 atom stereocenters. The van der Waals surface area contributed by atoms with E-state index in [2.05, 4.69) is 30.5 Å². The van der Waals surface area contributed by atoms with Crippen molar-refractivity contribution in [1.29, 1.82) is 0 Å². The molecule has 3 rings (SSSR count). The van der Waals surface area contributed by atoms with E-state index in [1.165, 1.54) is 0 Å². The van der Waals surface area contributed by atoms with Crippen LogP contribution in [-0.4, -0.2) is 85.3 Å². The number of ether oxygens (including phenoxy) is 1. The number of anilines is 1. The number of nitrogens with zero attached hydrogens (tertiary/aromatic N) is 5. The average molecular weight is 390 g/mol. The van der Waals surface area contributed by atoms with Crippen LogP contribution in [0, 0.1) is 0 Å². The lowest BCUT2D eigenvalue weighted by Crippen LogP contribution is -2.50. The Hall–Kier alpha value is -2.42. The molecular weight excluding hydrogens is 358 g/mol. The Labute approximate surface area is 166 Å². The predicted octanol–water partition coefficient (Wildman–Crippen LogP) is 0.249. The summed E-state index contributed by atoms with van der Waals surface area (Å²) in [5.74, 6) is 1.64. The van der Waals surface area contributed by atoms with E-state index in [4.69, 9.17) is 4.74 Å². The van der Waals surface area contributed by atoms with E-state index in [1.807, 2.05) is 17.9 Å². The molecule has 2 N–H and O–H groups in total. The lowest BCUT2D eigenvalue weighted by atomic mass is 10.2. The highest BCUT2D eigenvalue weighted by atomic mass is 16.5. The maximum absolute atomic E-state index is 12.5. The van der Waals surface area contributed by atoms with Gasteiger partial charge in [0.2, 0.25) is 11.9 Å². The first-order valence-electron chi connectivity index (χ1n) is 10.2. The largest absolute Gasteiger partial charge is 0.376 e. The Balaban J connectivity index is 1.38. The summed E-state index contributed by atoms with van der Waals surface area (Å²) in [6.45, 7) is 7.80. The van der Waals surface area contributed by atoms with Gasteiger partial charge in [0, 0.05) is 64.7 Å². The fourth-order valence-corrected chi connectivity index (χ4v) is 3.38. The molecule has 0 aliphatic carbocycles. The molecule has 2 fully saturated rings. The van der Waals surface area contributed by atoms with Crippen LogP contribution in [0.15, 0.2) is 23.5 Å². The minimum absolute atomic E-state index is 0.163. The van der Waals surface area contributed by atoms with Gasteiger partial charge in [0.25, 0.3) is 0 Å². The van der Waals surface area contributed by atoms with Crippen LogP contribution in [0.1, 0.15) is 26.2 Å². The number of aromatic nitrogens is 2. The number of aliphatic imine (C=N–C) groups is 1. The average Bonchev–Trinajstić information content (AvgIpc) is 3.26. The van der Waals surface area contributed by atoms with Gasteiger partial charge < -0.3 is 25.2 Å². The molecule has 0 aromatic carbocycles. The van der Waals surface area contributed by atoms with Crippen molar-refractivity contribution in [1.82, 2.24) is 25.5 Å². The van der Waals surface area contributed by atoms with Gasteiger partial charge in [-0.1, -0.05) is 0 Å². The quantitative estimate of drug-likeness (QED) is 0.510. The molecule has 2 aliphatic rings. The Kier molecular flexibility index (Phi) is 7.83. The van der Waals surface area contributed by atoms with E-state index in [0.717, 1.165) is 51.0 Å². The molecule has 1 amide bonds. The number of amides is 1. The SMILES string of the molecule is CCNC(=NCC1CCCO1)NCCC(=O)N1CCN(c2ncccn2)CC1. The zero-order valence-electron chi connectivity index (χ0n) is 16.6. The van der Waals surface area contributed by atoms with Crippen molar-refractivity contribution in [3.8, 4) is 0 Å². The lowest BCUT2D eigenvalue weighted by molar-refractivity contribution is -0.131. The van der Waals surface area contributed by atoms with Crippen LogP contribution in [-0.2, 0) is 9.53 Å². The summed E-state index contributed by atoms with van der Waals surface area (Å²) >= 11 is 0. The van der Waals surface area contributed by atoms with Gasteiger partial charge in [-0.25, -0.2) is 9.97 Å². The molecule has 1 aromatic rings. The molecule has 1 unspecified atom stereocenters. The highest BCUT2D eigenvalue weighted by molar-refractivity contribution is 5.81. The zero-order chi connectivity index (χ0) is 19.6. The minimum atomic E-state index is 0.163. The molecule has 0 bridgehead atoms. The standard InChI is InChI=1S/C19H31N7O2/c1-2-20-18(24-15-16-5-3-14-28-16)21-9-6-17(27)25-10-12-26(13-11-25)19-22-7-4-8-23-19/h4,7-8,16H,2-3,5-6,9-15H2,1H3,(H2,20,21,24). The van der Waals surface area contributed by atoms with Crippen molar-refractivity contribution in [3.05, 3.63) is 18.5 Å². The zero-order valence-corrected chi connectivity index (χ0v) is 16.6. The van der Waals surface area contributed by atoms with Crippen LogP contribution in [0.3, 0.4) is 0 Å². The number of carbonyl (C=O) groups is 1. The van der Waals surface area contributed by atoms with Crippen molar-refractivity contribution < 1.29 is 9.53 Å². The minimum Gasteiger partial charge on any atom is -0.376 e. The fraction of sp³-hybridized carbons (Fsp3) is 0.684. The molecule has 2 saturated heterocycles. The van der Waals surface area contributed by atoms with Gasteiger partial charge >= 0.3 is 0 Å². The number of hydrogen-bond acceptors (Lipinski definition) is 6. The van der Waals surface area contributed by atoms with Crippen LogP contribution in [0.4, 0.5) is 5.95 Å². The van der Waals surface area contributed by atoms with Gasteiger partial charge in [0.15, 0.2) is 5.96 Å². The first-order valence-corrected chi connectivity index (χ1v) is 10.2. The molecule has 0 radical (unpaired) electrons. The Morgan fingerprint density at radius 1 is 1.25 bits per heavy atom. The van der Waals surface area contributed by atoms with Crippen LogP contribution >= 0.6 is 0 Å². The maximum Gasteiger partial charge on any atom is 0.225 e. The Morgan fingerprint density at radius 2 is 2.04 bits per heavy atom. The first-order chi connectivity index (χ1) is 13.8. The normalized spacial score (nSPS) is 20.3. The summed E-state index contributed by atoms with van der Waals surface area (Å²) < 4.78 is 5.61. The Morgan fingerprint density at radius 3 is 2.71 bits per heavy atom. The summed E-state index contributed by atoms with van der Waals surface area (Å²) in [6.07, 6.45) is 6.35. The number of hydrogen-bond donors (Lipinski definition) is 2. The summed E-state index contributed by atoms with van der Waals surface area (Å²) in [6, 6.07) is 1.81. The molecule has 0 spiro atoms. The molecule has 9 nitrogen and oxygen atoms in total. The van der Waals surface area contributed by atoms with Gasteiger partial charge in [-0.05, 0) is 25.8 Å². The van der Waals surface area contributed by atoms with Gasteiger partial charge in [0.05, 0.1) is 12.6 Å². The molecule has 154 valence electrons. The number of nitrogens with one attached hydrogen (secondary N) is 2. The van der Waals surface area contributed by atoms with Crippen LogP contribution in [0.25, 0.3) is 0 Å². The molecule has 0 saturated carbocycles. The van der Waals surface area contributed by atoms with E-state index < -0.39 is 0 Å². The molecule has 28 heavy (non-hydrogen) atoms. The van der Waals surface area contributed by atoms with Crippen molar-refractivity contribution in [2.75, 3.05) is 57.3 Å². The topological polar surface area (TPSA) is 95.0 Å². The summed E-state index contributed by atoms with van der Waals surface area (Å²) in [5.41, 5.74) is 0. The van der Waals surface area contributed by atoms with Gasteiger partial charge in [-0.15, -0.1) is 0 Å².